The van der Waals surface area contributed by atoms with Crippen LogP contribution in [0.25, 0.3) is 6.08 Å². The number of carbonyl (C=O) groups excluding carboxylic acids is 2. The fraction of sp³-hybridized carbons (Fsp3) is 0.0909. The molecular formula is C11H10ClN3O4S. The summed E-state index contributed by atoms with van der Waals surface area (Å²) in [5.74, 6) is -0.570. The van der Waals surface area contributed by atoms with E-state index in [0.29, 0.717) is 15.6 Å². The average Bonchev–Trinajstić information content (AvgIpc) is 2.66. The third kappa shape index (κ3) is 3.80. The lowest BCUT2D eigenvalue weighted by Crippen LogP contribution is -2.43. The monoisotopic (exact) mass is 315 g/mol. The number of rotatable bonds is 4. The molecule has 0 aromatic heterocycles. The van der Waals surface area contributed by atoms with E-state index in [9.17, 15) is 18.0 Å². The topological polar surface area (TPSA) is 95.6 Å². The largest absolute Gasteiger partial charge is 0.339 e. The maximum atomic E-state index is 11.7. The molecule has 0 radical (unpaired) electrons. The Labute approximate surface area is 120 Å². The lowest BCUT2D eigenvalue weighted by Gasteiger charge is -2.12. The van der Waals surface area contributed by atoms with Crippen LogP contribution >= 0.6 is 11.6 Å². The zero-order chi connectivity index (χ0) is 14.8. The van der Waals surface area contributed by atoms with Gasteiger partial charge >= 0.3 is 6.03 Å². The van der Waals surface area contributed by atoms with E-state index in [2.05, 4.69) is 0 Å². The van der Waals surface area contributed by atoms with E-state index in [1.54, 1.807) is 24.3 Å². The van der Waals surface area contributed by atoms with E-state index in [0.717, 1.165) is 5.41 Å². The van der Waals surface area contributed by atoms with Crippen molar-refractivity contribution < 1.29 is 18.0 Å². The number of benzene rings is 1. The highest BCUT2D eigenvalue weighted by Gasteiger charge is 2.29. The third-order valence-corrected chi connectivity index (χ3v) is 3.56. The number of hydrogen-bond acceptors (Lipinski definition) is 4. The molecule has 2 N–H and O–H groups in total. The van der Waals surface area contributed by atoms with E-state index in [1.807, 2.05) is 10.1 Å². The average molecular weight is 316 g/mol. The van der Waals surface area contributed by atoms with E-state index in [4.69, 9.17) is 11.6 Å². The highest BCUT2D eigenvalue weighted by Crippen LogP contribution is 2.11. The predicted molar refractivity (Wildman–Crippen MR) is 72.8 cm³/mol. The number of nitrogens with zero attached hydrogens (tertiary/aromatic N) is 1. The van der Waals surface area contributed by atoms with Crippen LogP contribution in [0.15, 0.2) is 29.7 Å². The first-order chi connectivity index (χ1) is 9.35. The van der Waals surface area contributed by atoms with Gasteiger partial charge in [-0.1, -0.05) is 23.7 Å². The SMILES string of the molecule is O=C1CN(NS(=O)(=O)/C=C/c2ccc(Cl)cc2)C(=O)N1. The van der Waals surface area contributed by atoms with Gasteiger partial charge in [0.25, 0.3) is 10.0 Å². The van der Waals surface area contributed by atoms with Crippen LogP contribution in [-0.2, 0) is 14.8 Å². The normalized spacial score (nSPS) is 15.9. The van der Waals surface area contributed by atoms with Gasteiger partial charge in [-0.25, -0.2) is 18.2 Å². The fourth-order valence-corrected chi connectivity index (χ4v) is 2.42. The van der Waals surface area contributed by atoms with Gasteiger partial charge in [0.2, 0.25) is 5.91 Å². The molecular weight excluding hydrogens is 306 g/mol. The molecule has 0 spiro atoms. The molecule has 0 unspecified atom stereocenters. The summed E-state index contributed by atoms with van der Waals surface area (Å²) >= 11 is 5.71. The Balaban J connectivity index is 2.06. The van der Waals surface area contributed by atoms with Crippen molar-refractivity contribution in [2.75, 3.05) is 6.54 Å². The molecule has 7 nitrogen and oxygen atoms in total. The Morgan fingerprint density at radius 2 is 1.90 bits per heavy atom. The summed E-state index contributed by atoms with van der Waals surface area (Å²) in [6, 6.07) is 5.71. The van der Waals surface area contributed by atoms with Crippen molar-refractivity contribution in [3.8, 4) is 0 Å². The number of nitrogens with one attached hydrogen (secondary N) is 2. The Kier molecular flexibility index (Phi) is 4.07. The summed E-state index contributed by atoms with van der Waals surface area (Å²) in [7, 11) is -3.88. The molecule has 20 heavy (non-hydrogen) atoms. The Bertz CT molecular complexity index is 669. The summed E-state index contributed by atoms with van der Waals surface area (Å²) in [5, 5.41) is 4.07. The number of sulfonamides is 1. The van der Waals surface area contributed by atoms with Crippen molar-refractivity contribution in [3.05, 3.63) is 40.3 Å². The van der Waals surface area contributed by atoms with Crippen molar-refractivity contribution in [2.24, 2.45) is 0 Å². The van der Waals surface area contributed by atoms with Crippen LogP contribution in [0.1, 0.15) is 5.56 Å². The van der Waals surface area contributed by atoms with Crippen LogP contribution in [-0.4, -0.2) is 31.9 Å². The molecule has 0 atom stereocenters. The number of urea groups is 1. The van der Waals surface area contributed by atoms with Crippen molar-refractivity contribution in [1.82, 2.24) is 15.2 Å². The highest BCUT2D eigenvalue weighted by molar-refractivity contribution is 7.92. The molecule has 1 aromatic carbocycles. The van der Waals surface area contributed by atoms with E-state index < -0.39 is 22.0 Å². The van der Waals surface area contributed by atoms with Crippen LogP contribution in [0.2, 0.25) is 5.02 Å². The number of hydrazine groups is 1. The predicted octanol–water partition coefficient (Wildman–Crippen LogP) is 0.697. The van der Waals surface area contributed by atoms with Crippen molar-refractivity contribution >= 4 is 39.6 Å². The minimum absolute atomic E-state index is 0.354. The molecule has 106 valence electrons. The van der Waals surface area contributed by atoms with Crippen LogP contribution in [0, 0.1) is 0 Å². The molecule has 3 amide bonds. The van der Waals surface area contributed by atoms with E-state index in [-0.39, 0.29) is 6.54 Å². The van der Waals surface area contributed by atoms with Gasteiger partial charge in [-0.3, -0.25) is 10.1 Å². The van der Waals surface area contributed by atoms with Gasteiger partial charge in [-0.05, 0) is 23.8 Å². The Morgan fingerprint density at radius 1 is 1.25 bits per heavy atom. The standard InChI is InChI=1S/C11H10ClN3O4S/c12-9-3-1-8(2-4-9)5-6-20(18,19)14-15-7-10(16)13-11(15)17/h1-6,14H,7H2,(H,13,16,17)/b6-5+. The quantitative estimate of drug-likeness (QED) is 0.799. The summed E-state index contributed by atoms with van der Waals surface area (Å²) in [5.41, 5.74) is 0.627. The second kappa shape index (κ2) is 5.61. The lowest BCUT2D eigenvalue weighted by molar-refractivity contribution is -0.118. The van der Waals surface area contributed by atoms with Crippen molar-refractivity contribution in [1.29, 1.82) is 0 Å². The molecule has 1 heterocycles. The number of amides is 3. The van der Waals surface area contributed by atoms with Gasteiger partial charge in [-0.2, -0.15) is 0 Å². The first-order valence-corrected chi connectivity index (χ1v) is 7.36. The van der Waals surface area contributed by atoms with E-state index >= 15 is 0 Å². The van der Waals surface area contributed by atoms with Crippen molar-refractivity contribution in [2.45, 2.75) is 0 Å². The first-order valence-electron chi connectivity index (χ1n) is 5.43. The molecule has 2 rings (SSSR count). The third-order valence-electron chi connectivity index (χ3n) is 2.34. The minimum atomic E-state index is -3.88. The van der Waals surface area contributed by atoms with Crippen LogP contribution in [0.3, 0.4) is 0 Å². The highest BCUT2D eigenvalue weighted by atomic mass is 35.5. The molecule has 1 aliphatic rings. The van der Waals surface area contributed by atoms with Gasteiger partial charge in [0.05, 0.1) is 0 Å². The number of carbonyl (C=O) groups is 2. The summed E-state index contributed by atoms with van der Waals surface area (Å²) in [6.07, 6.45) is 1.34. The second-order valence-corrected chi connectivity index (χ2v) is 5.91. The summed E-state index contributed by atoms with van der Waals surface area (Å²) < 4.78 is 23.4. The number of halogens is 1. The lowest BCUT2D eigenvalue weighted by atomic mass is 10.2. The zero-order valence-corrected chi connectivity index (χ0v) is 11.6. The Morgan fingerprint density at radius 3 is 2.45 bits per heavy atom. The maximum Gasteiger partial charge on any atom is 0.339 e. The molecule has 1 saturated heterocycles. The van der Waals surface area contributed by atoms with Gasteiger partial charge in [-0.15, -0.1) is 4.83 Å². The molecule has 1 aliphatic heterocycles. The van der Waals surface area contributed by atoms with Gasteiger partial charge < -0.3 is 0 Å². The zero-order valence-electron chi connectivity index (χ0n) is 10.0. The molecule has 9 heteroatoms. The molecule has 0 aliphatic carbocycles. The van der Waals surface area contributed by atoms with Crippen LogP contribution in [0.5, 0.6) is 0 Å². The Hall–Kier alpha value is -1.90. The molecule has 1 aromatic rings. The first kappa shape index (κ1) is 14.5. The second-order valence-electron chi connectivity index (χ2n) is 3.93. The summed E-state index contributed by atoms with van der Waals surface area (Å²) in [4.78, 5) is 24.1. The molecule has 0 saturated carbocycles. The minimum Gasteiger partial charge on any atom is -0.275 e. The van der Waals surface area contributed by atoms with Gasteiger partial charge in [0, 0.05) is 10.4 Å². The number of hydrogen-bond donors (Lipinski definition) is 2. The van der Waals surface area contributed by atoms with Gasteiger partial charge in [0.1, 0.15) is 6.54 Å². The van der Waals surface area contributed by atoms with Crippen LogP contribution < -0.4 is 10.1 Å². The molecule has 0 bridgehead atoms. The summed E-state index contributed by atoms with van der Waals surface area (Å²) in [6.45, 7) is -0.354. The number of imide groups is 1. The molecule has 1 fully saturated rings. The fourth-order valence-electron chi connectivity index (χ4n) is 1.44. The maximum absolute atomic E-state index is 11.7. The van der Waals surface area contributed by atoms with Crippen molar-refractivity contribution in [3.63, 3.8) is 0 Å². The van der Waals surface area contributed by atoms with E-state index in [1.165, 1.54) is 6.08 Å². The smallest absolute Gasteiger partial charge is 0.275 e. The van der Waals surface area contributed by atoms with Crippen LogP contribution in [0.4, 0.5) is 4.79 Å². The van der Waals surface area contributed by atoms with Gasteiger partial charge in [0.15, 0.2) is 0 Å².